The summed E-state index contributed by atoms with van der Waals surface area (Å²) in [5, 5.41) is 2.77. The summed E-state index contributed by atoms with van der Waals surface area (Å²) < 4.78 is 13.9. The van der Waals surface area contributed by atoms with Crippen LogP contribution in [0.5, 0.6) is 0 Å². The summed E-state index contributed by atoms with van der Waals surface area (Å²) in [4.78, 5) is 19.2. The van der Waals surface area contributed by atoms with Gasteiger partial charge in [-0.2, -0.15) is 0 Å². The maximum absolute atomic E-state index is 13.9. The van der Waals surface area contributed by atoms with E-state index in [0.717, 1.165) is 11.8 Å². The van der Waals surface area contributed by atoms with Gasteiger partial charge in [-0.3, -0.25) is 4.79 Å². The Balaban J connectivity index is 2.06. The maximum atomic E-state index is 13.9. The fourth-order valence-electron chi connectivity index (χ4n) is 1.93. The molecular weight excluding hydrogens is 325 g/mol. The second kappa shape index (κ2) is 5.82. The molecule has 4 nitrogen and oxygen atoms in total. The first-order chi connectivity index (χ1) is 10.6. The Labute approximate surface area is 134 Å². The molecule has 0 saturated heterocycles. The van der Waals surface area contributed by atoms with Gasteiger partial charge < -0.3 is 5.73 Å². The number of amides is 1. The predicted octanol–water partition coefficient (Wildman–Crippen LogP) is 3.76. The molecule has 3 aromatic rings. The number of thiazole rings is 1. The van der Waals surface area contributed by atoms with Crippen molar-refractivity contribution in [3.05, 3.63) is 58.4 Å². The minimum absolute atomic E-state index is 0.00843. The average Bonchev–Trinajstić information content (AvgIpc) is 2.97. The van der Waals surface area contributed by atoms with Crippen molar-refractivity contribution in [3.8, 4) is 21.8 Å². The van der Waals surface area contributed by atoms with Gasteiger partial charge in [0.15, 0.2) is 5.82 Å². The lowest BCUT2D eigenvalue weighted by molar-refractivity contribution is 0.0995. The number of primary amides is 1. The predicted molar refractivity (Wildman–Crippen MR) is 84.3 cm³/mol. The summed E-state index contributed by atoms with van der Waals surface area (Å²) in [6, 6.07) is 8.55. The molecule has 0 saturated carbocycles. The van der Waals surface area contributed by atoms with Crippen molar-refractivity contribution in [1.82, 2.24) is 9.97 Å². The van der Waals surface area contributed by atoms with Crippen molar-refractivity contribution in [2.24, 2.45) is 5.73 Å². The highest BCUT2D eigenvalue weighted by molar-refractivity contribution is 7.13. The Morgan fingerprint density at radius 1 is 1.27 bits per heavy atom. The van der Waals surface area contributed by atoms with Crippen LogP contribution >= 0.6 is 22.9 Å². The fraction of sp³-hybridized carbons (Fsp3) is 0. The smallest absolute Gasteiger partial charge is 0.267 e. The van der Waals surface area contributed by atoms with Gasteiger partial charge in [-0.1, -0.05) is 29.8 Å². The third-order valence-corrected chi connectivity index (χ3v) is 4.20. The van der Waals surface area contributed by atoms with Crippen molar-refractivity contribution < 1.29 is 9.18 Å². The molecule has 0 aliphatic rings. The summed E-state index contributed by atoms with van der Waals surface area (Å²) in [7, 11) is 0. The molecule has 3 rings (SSSR count). The third kappa shape index (κ3) is 2.70. The number of nitrogens with zero attached hydrogens (tertiary/aromatic N) is 2. The van der Waals surface area contributed by atoms with E-state index in [-0.39, 0.29) is 11.3 Å². The topological polar surface area (TPSA) is 68.9 Å². The number of aromatic nitrogens is 2. The number of carbonyl (C=O) groups excluding carboxylic acids is 1. The van der Waals surface area contributed by atoms with Crippen LogP contribution in [0.2, 0.25) is 5.02 Å². The van der Waals surface area contributed by atoms with E-state index in [2.05, 4.69) is 9.97 Å². The van der Waals surface area contributed by atoms with Gasteiger partial charge in [-0.05, 0) is 12.1 Å². The first-order valence-electron chi connectivity index (χ1n) is 6.22. The largest absolute Gasteiger partial charge is 0.364 e. The van der Waals surface area contributed by atoms with Gasteiger partial charge in [0.2, 0.25) is 0 Å². The fourth-order valence-corrected chi connectivity index (χ4v) is 3.00. The lowest BCUT2D eigenvalue weighted by Crippen LogP contribution is -2.13. The van der Waals surface area contributed by atoms with E-state index in [4.69, 9.17) is 17.3 Å². The zero-order valence-corrected chi connectivity index (χ0v) is 12.7. The Hall–Kier alpha value is -2.31. The van der Waals surface area contributed by atoms with Crippen LogP contribution in [0.4, 0.5) is 4.39 Å². The van der Waals surface area contributed by atoms with Gasteiger partial charge in [0.1, 0.15) is 10.7 Å². The van der Waals surface area contributed by atoms with Crippen LogP contribution in [0.25, 0.3) is 21.8 Å². The van der Waals surface area contributed by atoms with Crippen LogP contribution in [0.3, 0.4) is 0 Å². The number of halogens is 2. The molecular formula is C15H9ClFN3OS. The summed E-state index contributed by atoms with van der Waals surface area (Å²) in [5.74, 6) is -1.28. The van der Waals surface area contributed by atoms with Crippen LogP contribution in [0, 0.1) is 5.82 Å². The molecule has 2 N–H and O–H groups in total. The molecule has 0 fully saturated rings. The second-order valence-electron chi connectivity index (χ2n) is 4.43. The van der Waals surface area contributed by atoms with E-state index in [1.165, 1.54) is 17.4 Å². The van der Waals surface area contributed by atoms with Crippen LogP contribution < -0.4 is 5.73 Å². The molecule has 0 aliphatic carbocycles. The number of benzene rings is 1. The first kappa shape index (κ1) is 14.6. The lowest BCUT2D eigenvalue weighted by Gasteiger charge is -2.01. The summed E-state index contributed by atoms with van der Waals surface area (Å²) >= 11 is 7.38. The van der Waals surface area contributed by atoms with Gasteiger partial charge in [0.05, 0.1) is 17.5 Å². The van der Waals surface area contributed by atoms with Gasteiger partial charge >= 0.3 is 0 Å². The van der Waals surface area contributed by atoms with Crippen molar-refractivity contribution in [2.75, 3.05) is 0 Å². The highest BCUT2D eigenvalue weighted by Crippen LogP contribution is 2.33. The molecule has 0 bridgehead atoms. The summed E-state index contributed by atoms with van der Waals surface area (Å²) in [6.45, 7) is 0. The van der Waals surface area contributed by atoms with Gasteiger partial charge in [-0.25, -0.2) is 14.4 Å². The van der Waals surface area contributed by atoms with Gasteiger partial charge in [-0.15, -0.1) is 11.3 Å². The molecule has 2 heterocycles. The zero-order chi connectivity index (χ0) is 15.7. The van der Waals surface area contributed by atoms with Gasteiger partial charge in [0, 0.05) is 16.0 Å². The first-order valence-corrected chi connectivity index (χ1v) is 7.48. The Morgan fingerprint density at radius 3 is 2.77 bits per heavy atom. The summed E-state index contributed by atoms with van der Waals surface area (Å²) in [6.07, 6.45) is 0.964. The Bertz CT molecular complexity index is 865. The standard InChI is InChI=1S/C15H9ClFN3OS/c16-10-4-2-1-3-8(10)13-7-22-15(20-13)9-5-12(14(18)21)19-6-11(9)17/h1-7H,(H2,18,21). The Kier molecular flexibility index (Phi) is 3.87. The minimum atomic E-state index is -0.718. The van der Waals surface area contributed by atoms with E-state index >= 15 is 0 Å². The monoisotopic (exact) mass is 333 g/mol. The maximum Gasteiger partial charge on any atom is 0.267 e. The normalized spacial score (nSPS) is 10.6. The minimum Gasteiger partial charge on any atom is -0.364 e. The molecule has 2 aromatic heterocycles. The molecule has 1 aromatic carbocycles. The molecule has 7 heteroatoms. The van der Waals surface area contributed by atoms with E-state index in [1.807, 2.05) is 18.2 Å². The number of rotatable bonds is 3. The molecule has 110 valence electrons. The van der Waals surface area contributed by atoms with Crippen LogP contribution in [-0.4, -0.2) is 15.9 Å². The Morgan fingerprint density at radius 2 is 2.05 bits per heavy atom. The average molecular weight is 334 g/mol. The lowest BCUT2D eigenvalue weighted by atomic mass is 10.2. The highest BCUT2D eigenvalue weighted by atomic mass is 35.5. The number of hydrogen-bond donors (Lipinski definition) is 1. The third-order valence-electron chi connectivity index (χ3n) is 2.99. The number of nitrogens with two attached hydrogens (primary N) is 1. The molecule has 1 amide bonds. The van der Waals surface area contributed by atoms with E-state index in [0.29, 0.717) is 15.7 Å². The molecule has 0 unspecified atom stereocenters. The van der Waals surface area contributed by atoms with Crippen LogP contribution in [0.1, 0.15) is 10.5 Å². The molecule has 0 spiro atoms. The molecule has 0 aliphatic heterocycles. The molecule has 22 heavy (non-hydrogen) atoms. The SMILES string of the molecule is NC(=O)c1cc(-c2nc(-c3ccccc3Cl)cs2)c(F)cn1. The highest BCUT2D eigenvalue weighted by Gasteiger charge is 2.15. The van der Waals surface area contributed by atoms with Crippen LogP contribution in [0.15, 0.2) is 41.9 Å². The van der Waals surface area contributed by atoms with Gasteiger partial charge in [0.25, 0.3) is 5.91 Å². The second-order valence-corrected chi connectivity index (χ2v) is 5.70. The van der Waals surface area contributed by atoms with E-state index in [1.54, 1.807) is 11.4 Å². The van der Waals surface area contributed by atoms with Crippen molar-refractivity contribution in [3.63, 3.8) is 0 Å². The van der Waals surface area contributed by atoms with Crippen molar-refractivity contribution in [2.45, 2.75) is 0 Å². The molecule has 0 atom stereocenters. The number of carbonyl (C=O) groups is 1. The molecule has 0 radical (unpaired) electrons. The van der Waals surface area contributed by atoms with Crippen LogP contribution in [-0.2, 0) is 0 Å². The van der Waals surface area contributed by atoms with E-state index < -0.39 is 11.7 Å². The number of pyridine rings is 1. The zero-order valence-electron chi connectivity index (χ0n) is 11.1. The van der Waals surface area contributed by atoms with Crippen molar-refractivity contribution >= 4 is 28.8 Å². The van der Waals surface area contributed by atoms with E-state index in [9.17, 15) is 9.18 Å². The summed E-state index contributed by atoms with van der Waals surface area (Å²) in [5.41, 5.74) is 6.75. The number of hydrogen-bond acceptors (Lipinski definition) is 4. The quantitative estimate of drug-likeness (QED) is 0.793. The van der Waals surface area contributed by atoms with Crippen molar-refractivity contribution in [1.29, 1.82) is 0 Å².